The first kappa shape index (κ1) is 19.1. The number of amides is 2. The summed E-state index contributed by atoms with van der Waals surface area (Å²) in [6, 6.07) is 14.6. The molecule has 8 heteroatoms. The molecule has 0 aliphatic carbocycles. The van der Waals surface area contributed by atoms with E-state index in [4.69, 9.17) is 16.1 Å². The molecule has 1 fully saturated rings. The number of hydrogen-bond donors (Lipinski definition) is 1. The van der Waals surface area contributed by atoms with Gasteiger partial charge in [0.05, 0.1) is 5.92 Å². The minimum absolute atomic E-state index is 0.0851. The number of benzene rings is 2. The van der Waals surface area contributed by atoms with Gasteiger partial charge in [0.25, 0.3) is 0 Å². The van der Waals surface area contributed by atoms with Crippen molar-refractivity contribution in [3.05, 3.63) is 65.0 Å². The molecule has 0 radical (unpaired) electrons. The zero-order chi connectivity index (χ0) is 20.4. The molecule has 4 rings (SSSR count). The second-order valence-electron chi connectivity index (χ2n) is 6.94. The van der Waals surface area contributed by atoms with Crippen LogP contribution in [0.1, 0.15) is 17.9 Å². The number of carbonyl (C=O) groups is 2. The number of aryl methyl sites for hydroxylation is 1. The van der Waals surface area contributed by atoms with Crippen molar-refractivity contribution in [1.82, 2.24) is 15.5 Å². The predicted octanol–water partition coefficient (Wildman–Crippen LogP) is 3.37. The number of rotatable bonds is 5. The Morgan fingerprint density at radius 2 is 2.07 bits per heavy atom. The average Bonchev–Trinajstić information content (AvgIpc) is 3.33. The molecule has 0 bridgehead atoms. The third kappa shape index (κ3) is 4.30. The zero-order valence-electron chi connectivity index (χ0n) is 15.8. The quantitative estimate of drug-likeness (QED) is 0.696. The summed E-state index contributed by atoms with van der Waals surface area (Å²) in [5.74, 6) is 0.318. The van der Waals surface area contributed by atoms with Gasteiger partial charge in [0.15, 0.2) is 0 Å². The summed E-state index contributed by atoms with van der Waals surface area (Å²) in [5.41, 5.74) is 2.41. The van der Waals surface area contributed by atoms with E-state index in [0.29, 0.717) is 35.5 Å². The lowest BCUT2D eigenvalue weighted by molar-refractivity contribution is -0.126. The Kier molecular flexibility index (Phi) is 5.31. The van der Waals surface area contributed by atoms with Crippen molar-refractivity contribution < 1.29 is 14.1 Å². The molecule has 2 aromatic carbocycles. The molecule has 2 heterocycles. The van der Waals surface area contributed by atoms with Crippen LogP contribution in [0.4, 0.5) is 5.69 Å². The van der Waals surface area contributed by atoms with Crippen molar-refractivity contribution in [3.8, 4) is 11.4 Å². The van der Waals surface area contributed by atoms with Gasteiger partial charge in [0.1, 0.15) is 0 Å². The van der Waals surface area contributed by atoms with Gasteiger partial charge in [0.2, 0.25) is 23.5 Å². The minimum atomic E-state index is -0.397. The number of hydrogen-bond acceptors (Lipinski definition) is 5. The maximum absolute atomic E-state index is 12.6. The van der Waals surface area contributed by atoms with Gasteiger partial charge in [0, 0.05) is 42.7 Å². The van der Waals surface area contributed by atoms with Crippen LogP contribution in [0, 0.1) is 12.8 Å². The number of carbonyl (C=O) groups excluding carboxylic acids is 2. The average molecular weight is 411 g/mol. The fourth-order valence-corrected chi connectivity index (χ4v) is 3.42. The summed E-state index contributed by atoms with van der Waals surface area (Å²) in [4.78, 5) is 30.9. The number of aromatic nitrogens is 2. The highest BCUT2D eigenvalue weighted by atomic mass is 35.5. The Hall–Kier alpha value is -3.19. The summed E-state index contributed by atoms with van der Waals surface area (Å²) < 4.78 is 5.02. The minimum Gasteiger partial charge on any atom is -0.352 e. The SMILES string of the molecule is Cc1nc(-c2cccc(N3C[C@@H](C(=O)NCc4ccc(Cl)cc4)CC3=O)c2)no1. The lowest BCUT2D eigenvalue weighted by Crippen LogP contribution is -2.32. The second kappa shape index (κ2) is 8.05. The Bertz CT molecular complexity index is 1050. The second-order valence-corrected chi connectivity index (χ2v) is 7.37. The molecule has 0 unspecified atom stereocenters. The van der Waals surface area contributed by atoms with E-state index < -0.39 is 5.92 Å². The largest absolute Gasteiger partial charge is 0.352 e. The molecule has 1 atom stereocenters. The van der Waals surface area contributed by atoms with E-state index in [2.05, 4.69) is 15.5 Å². The molecule has 3 aromatic rings. The summed E-state index contributed by atoms with van der Waals surface area (Å²) in [6.07, 6.45) is 0.179. The van der Waals surface area contributed by atoms with Crippen molar-refractivity contribution in [2.75, 3.05) is 11.4 Å². The zero-order valence-corrected chi connectivity index (χ0v) is 16.5. The third-order valence-corrected chi connectivity index (χ3v) is 5.07. The topological polar surface area (TPSA) is 88.3 Å². The van der Waals surface area contributed by atoms with Crippen LogP contribution in [0.5, 0.6) is 0 Å². The van der Waals surface area contributed by atoms with Crippen molar-refractivity contribution >= 4 is 29.1 Å². The fraction of sp³-hybridized carbons (Fsp3) is 0.238. The fourth-order valence-electron chi connectivity index (χ4n) is 3.30. The first-order valence-electron chi connectivity index (χ1n) is 9.23. The van der Waals surface area contributed by atoms with Gasteiger partial charge in [-0.05, 0) is 29.8 Å². The molecule has 148 valence electrons. The molecular weight excluding hydrogens is 392 g/mol. The maximum atomic E-state index is 12.6. The van der Waals surface area contributed by atoms with E-state index in [1.54, 1.807) is 24.0 Å². The van der Waals surface area contributed by atoms with Crippen molar-refractivity contribution in [2.45, 2.75) is 19.9 Å². The van der Waals surface area contributed by atoms with Crippen LogP contribution in [0.15, 0.2) is 53.1 Å². The van der Waals surface area contributed by atoms with E-state index >= 15 is 0 Å². The van der Waals surface area contributed by atoms with E-state index in [-0.39, 0.29) is 18.2 Å². The molecule has 2 amide bonds. The molecule has 0 spiro atoms. The van der Waals surface area contributed by atoms with Crippen molar-refractivity contribution in [1.29, 1.82) is 0 Å². The van der Waals surface area contributed by atoms with Crippen LogP contribution < -0.4 is 10.2 Å². The Morgan fingerprint density at radius 1 is 1.28 bits per heavy atom. The lowest BCUT2D eigenvalue weighted by Gasteiger charge is -2.17. The number of halogens is 1. The van der Waals surface area contributed by atoms with Crippen LogP contribution in [0.25, 0.3) is 11.4 Å². The van der Waals surface area contributed by atoms with E-state index in [1.807, 2.05) is 36.4 Å². The van der Waals surface area contributed by atoms with Crippen LogP contribution in [0.2, 0.25) is 5.02 Å². The summed E-state index contributed by atoms with van der Waals surface area (Å²) in [6.45, 7) is 2.45. The Balaban J connectivity index is 1.42. The number of nitrogens with zero attached hydrogens (tertiary/aromatic N) is 3. The van der Waals surface area contributed by atoms with Gasteiger partial charge in [-0.3, -0.25) is 9.59 Å². The van der Waals surface area contributed by atoms with Gasteiger partial charge < -0.3 is 14.7 Å². The molecule has 1 aliphatic rings. The van der Waals surface area contributed by atoms with E-state index in [0.717, 1.165) is 11.1 Å². The van der Waals surface area contributed by atoms with Crippen molar-refractivity contribution in [3.63, 3.8) is 0 Å². The summed E-state index contributed by atoms with van der Waals surface area (Å²) in [5, 5.41) is 7.46. The number of nitrogens with one attached hydrogen (secondary N) is 1. The van der Waals surface area contributed by atoms with Gasteiger partial charge >= 0.3 is 0 Å². The molecule has 1 aliphatic heterocycles. The third-order valence-electron chi connectivity index (χ3n) is 4.82. The molecule has 1 aromatic heterocycles. The van der Waals surface area contributed by atoms with Crippen LogP contribution >= 0.6 is 11.6 Å². The number of anilines is 1. The normalized spacial score (nSPS) is 16.3. The highest BCUT2D eigenvalue weighted by Gasteiger charge is 2.35. The van der Waals surface area contributed by atoms with Crippen molar-refractivity contribution in [2.24, 2.45) is 5.92 Å². The first-order chi connectivity index (χ1) is 14.0. The van der Waals surface area contributed by atoms with E-state index in [9.17, 15) is 9.59 Å². The highest BCUT2D eigenvalue weighted by molar-refractivity contribution is 6.30. The molecule has 1 saturated heterocycles. The molecule has 1 N–H and O–H groups in total. The molecular formula is C21H19ClN4O3. The van der Waals surface area contributed by atoms with Gasteiger partial charge in [-0.1, -0.05) is 41.0 Å². The standard InChI is InChI=1S/C21H19ClN4O3/c1-13-24-20(25-29-13)15-3-2-4-18(9-15)26-12-16(10-19(26)27)21(28)23-11-14-5-7-17(22)8-6-14/h2-9,16H,10-12H2,1H3,(H,23,28)/t16-/m0/s1. The van der Waals surface area contributed by atoms with Crippen LogP contribution in [-0.4, -0.2) is 28.5 Å². The van der Waals surface area contributed by atoms with E-state index in [1.165, 1.54) is 0 Å². The summed E-state index contributed by atoms with van der Waals surface area (Å²) in [7, 11) is 0. The lowest BCUT2D eigenvalue weighted by atomic mass is 10.1. The summed E-state index contributed by atoms with van der Waals surface area (Å²) >= 11 is 5.88. The molecule has 7 nitrogen and oxygen atoms in total. The van der Waals surface area contributed by atoms with Crippen LogP contribution in [-0.2, 0) is 16.1 Å². The molecule has 29 heavy (non-hydrogen) atoms. The predicted molar refractivity (Wildman–Crippen MR) is 108 cm³/mol. The van der Waals surface area contributed by atoms with Gasteiger partial charge in [-0.2, -0.15) is 4.98 Å². The van der Waals surface area contributed by atoms with Gasteiger partial charge in [-0.25, -0.2) is 0 Å². The highest BCUT2D eigenvalue weighted by Crippen LogP contribution is 2.28. The Labute approximate surface area is 172 Å². The first-order valence-corrected chi connectivity index (χ1v) is 9.60. The molecule has 0 saturated carbocycles. The van der Waals surface area contributed by atoms with Gasteiger partial charge in [-0.15, -0.1) is 0 Å². The smallest absolute Gasteiger partial charge is 0.227 e. The van der Waals surface area contributed by atoms with Crippen LogP contribution in [0.3, 0.4) is 0 Å². The Morgan fingerprint density at radius 3 is 2.79 bits per heavy atom. The maximum Gasteiger partial charge on any atom is 0.227 e. The monoisotopic (exact) mass is 410 g/mol.